The third-order valence-corrected chi connectivity index (χ3v) is 0. The van der Waals surface area contributed by atoms with Gasteiger partial charge in [-0.2, -0.15) is 0 Å². The summed E-state index contributed by atoms with van der Waals surface area (Å²) in [5.41, 5.74) is 0. The van der Waals surface area contributed by atoms with Gasteiger partial charge in [0.2, 0.25) is 0 Å². The monoisotopic (exact) mass is 280 g/mol. The SMILES string of the molecule is [O]=[Yb].[S]=[Ni]. The van der Waals surface area contributed by atoms with Crippen LogP contribution in [0.25, 0.3) is 0 Å². The average molecular weight is 280 g/mol. The van der Waals surface area contributed by atoms with Crippen LogP contribution in [0.3, 0.4) is 0 Å². The van der Waals surface area contributed by atoms with Gasteiger partial charge in [0.15, 0.2) is 0 Å². The molecule has 0 bridgehead atoms. The van der Waals surface area contributed by atoms with E-state index >= 15 is 0 Å². The molecular formula is NiOSYb. The number of hydrogen-bond donors (Lipinski definition) is 0. The van der Waals surface area contributed by atoms with Crippen LogP contribution in [0.2, 0.25) is 0 Å². The minimum absolute atomic E-state index is 1.44. The Balaban J connectivity index is 0. The van der Waals surface area contributed by atoms with E-state index in [-0.39, 0.29) is 0 Å². The summed E-state index contributed by atoms with van der Waals surface area (Å²) in [5.74, 6) is 0. The van der Waals surface area contributed by atoms with Crippen molar-refractivity contribution in [2.45, 2.75) is 0 Å². The molecular weight excluding hydrogens is 280 g/mol. The molecule has 0 saturated heterocycles. The van der Waals surface area contributed by atoms with Crippen LogP contribution < -0.4 is 0 Å². The van der Waals surface area contributed by atoms with Crippen LogP contribution in [-0.4, -0.2) is 0 Å². The van der Waals surface area contributed by atoms with E-state index < -0.39 is 0 Å². The topological polar surface area (TPSA) is 17.1 Å². The molecule has 0 rings (SSSR count). The summed E-state index contributed by atoms with van der Waals surface area (Å²) < 4.78 is 8.11. The van der Waals surface area contributed by atoms with Gasteiger partial charge < -0.3 is 0 Å². The Labute approximate surface area is 68.1 Å². The van der Waals surface area contributed by atoms with Crippen molar-refractivity contribution < 1.29 is 59.0 Å². The van der Waals surface area contributed by atoms with Crippen molar-refractivity contribution in [1.82, 2.24) is 0 Å². The second-order valence-electron chi connectivity index (χ2n) is 0. The predicted molar refractivity (Wildman–Crippen MR) is 8.28 cm³/mol. The standard InChI is InChI=1S/Ni.O.S.Yb. The number of rotatable bonds is 0. The third kappa shape index (κ3) is 8.98. The van der Waals surface area contributed by atoms with E-state index in [4.69, 9.17) is 0.288 Å². The minimum atomic E-state index is 1.44. The van der Waals surface area contributed by atoms with Gasteiger partial charge in [-0.05, 0) is 0 Å². The fourth-order valence-corrected chi connectivity index (χ4v) is 0. The van der Waals surface area contributed by atoms with Crippen LogP contribution in [0.4, 0.5) is 0 Å². The van der Waals surface area contributed by atoms with Gasteiger partial charge in [-0.15, -0.1) is 0 Å². The average Bonchev–Trinajstić information content (AvgIpc) is 1.50. The zero-order valence-corrected chi connectivity index (χ0v) is 4.92. The third-order valence-electron chi connectivity index (χ3n) is 0. The Morgan fingerprint density at radius 3 is 1.50 bits per heavy atom. The first kappa shape index (κ1) is 9.40. The molecule has 0 N–H and O–H groups in total. The fourth-order valence-electron chi connectivity index (χ4n) is 0. The predicted octanol–water partition coefficient (Wildman–Crippen LogP) is 0.527. The van der Waals surface area contributed by atoms with Gasteiger partial charge in [-0.25, -0.2) is 0 Å². The first-order valence-electron chi connectivity index (χ1n) is 0.238. The van der Waals surface area contributed by atoms with Crippen LogP contribution in [0.15, 0.2) is 0 Å². The normalized spacial score (nSPS) is 3.00. The molecule has 36 valence electrons. The van der Waals surface area contributed by atoms with Crippen LogP contribution in [0, 0.1) is 44.8 Å². The molecule has 0 amide bonds. The van der Waals surface area contributed by atoms with Gasteiger partial charge in [0.25, 0.3) is 0 Å². The van der Waals surface area contributed by atoms with Gasteiger partial charge in [0, 0.05) is 0 Å². The molecule has 1 nitrogen and oxygen atoms in total. The quantitative estimate of drug-likeness (QED) is 0.602. The summed E-state index contributed by atoms with van der Waals surface area (Å²) in [7, 11) is 3.71. The van der Waals surface area contributed by atoms with Crippen molar-refractivity contribution in [3.05, 3.63) is 0 Å². The van der Waals surface area contributed by atoms with E-state index in [1.165, 1.54) is 44.8 Å². The van der Waals surface area contributed by atoms with Crippen LogP contribution in [-0.2, 0) is 14.2 Å². The summed E-state index contributed by atoms with van der Waals surface area (Å²) in [6, 6.07) is 0. The maximum atomic E-state index is 8.11. The van der Waals surface area contributed by atoms with Crippen molar-refractivity contribution in [3.63, 3.8) is 0 Å². The zero-order valence-electron chi connectivity index (χ0n) is 1.40. The van der Waals surface area contributed by atoms with Gasteiger partial charge >= 0.3 is 69.6 Å². The summed E-state index contributed by atoms with van der Waals surface area (Å²) in [5, 5.41) is 0. The second kappa shape index (κ2) is 19.8. The van der Waals surface area contributed by atoms with Crippen molar-refractivity contribution in [2.24, 2.45) is 0 Å². The Kier molecular flexibility index (Phi) is 46.5. The molecule has 4 heteroatoms. The second-order valence-corrected chi connectivity index (χ2v) is 0. The van der Waals surface area contributed by atoms with Gasteiger partial charge in [-0.3, -0.25) is 0 Å². The Hall–Kier alpha value is 2.03. The van der Waals surface area contributed by atoms with Crippen molar-refractivity contribution in [3.8, 4) is 0 Å². The van der Waals surface area contributed by atoms with Crippen LogP contribution >= 0.6 is 10.7 Å². The molecule has 0 aliphatic carbocycles. The molecule has 0 spiro atoms. The molecule has 0 aliphatic heterocycles. The summed E-state index contributed by atoms with van der Waals surface area (Å²) >= 11 is 4.90. The first-order valence-corrected chi connectivity index (χ1v) is 2.41. The molecule has 0 aromatic heterocycles. The molecule has 0 atom stereocenters. The van der Waals surface area contributed by atoms with Crippen molar-refractivity contribution in [2.75, 3.05) is 0 Å². The fraction of sp³-hybridized carbons (Fsp3) is 0. The zero-order chi connectivity index (χ0) is 4.00. The van der Waals surface area contributed by atoms with E-state index in [9.17, 15) is 0 Å². The number of hydrogen-bond acceptors (Lipinski definition) is 2. The Morgan fingerprint density at radius 2 is 1.50 bits per heavy atom. The summed E-state index contributed by atoms with van der Waals surface area (Å²) in [6.07, 6.45) is 0. The van der Waals surface area contributed by atoms with Crippen molar-refractivity contribution >= 4 is 10.7 Å². The molecule has 0 fully saturated rings. The van der Waals surface area contributed by atoms with E-state index in [0.717, 1.165) is 0 Å². The van der Waals surface area contributed by atoms with E-state index in [2.05, 4.69) is 24.5 Å². The van der Waals surface area contributed by atoms with Crippen LogP contribution in [0.1, 0.15) is 0 Å². The first-order chi connectivity index (χ1) is 2.00. The molecule has 4 heavy (non-hydrogen) atoms. The molecule has 0 unspecified atom stereocenters. The molecule has 0 radical (unpaired) electrons. The van der Waals surface area contributed by atoms with Gasteiger partial charge in [-0.1, -0.05) is 0 Å². The van der Waals surface area contributed by atoms with Gasteiger partial charge in [0.05, 0.1) is 0 Å². The van der Waals surface area contributed by atoms with E-state index in [1.807, 2.05) is 0 Å². The van der Waals surface area contributed by atoms with E-state index in [1.54, 1.807) is 0 Å². The summed E-state index contributed by atoms with van der Waals surface area (Å²) in [6.45, 7) is 0. The molecule has 0 aromatic rings. The summed E-state index contributed by atoms with van der Waals surface area (Å²) in [4.78, 5) is 0. The molecule has 0 aliphatic rings. The van der Waals surface area contributed by atoms with E-state index in [0.29, 0.717) is 0 Å². The Morgan fingerprint density at radius 1 is 1.50 bits per heavy atom. The molecule has 0 saturated carbocycles. The maximum absolute atomic E-state index is 8.11. The molecule has 0 heterocycles. The molecule has 0 aromatic carbocycles. The van der Waals surface area contributed by atoms with Crippen molar-refractivity contribution in [1.29, 1.82) is 0 Å². The van der Waals surface area contributed by atoms with Gasteiger partial charge in [0.1, 0.15) is 0 Å². The Bertz CT molecular complexity index is 10.0. The van der Waals surface area contributed by atoms with Crippen LogP contribution in [0.5, 0.6) is 0 Å².